The van der Waals surface area contributed by atoms with Gasteiger partial charge in [-0.3, -0.25) is 10.1 Å². The van der Waals surface area contributed by atoms with E-state index < -0.39 is 6.29 Å². The molecule has 2 bridgehead atoms. The molecule has 2 aromatic carbocycles. The minimum atomic E-state index is -3.70. The Bertz CT molecular complexity index is 1200. The average Bonchev–Trinajstić information content (AvgIpc) is 3.12. The Morgan fingerprint density at radius 2 is 1.75 bits per heavy atom. The maximum atomic E-state index is 13.7. The minimum Gasteiger partial charge on any atom is -0.491 e. The molecular weight excluding hydrogens is 481 g/mol. The van der Waals surface area contributed by atoms with Gasteiger partial charge in [0.15, 0.2) is 18.1 Å². The van der Waals surface area contributed by atoms with Gasteiger partial charge >= 0.3 is 6.29 Å². The first kappa shape index (κ1) is 23.2. The van der Waals surface area contributed by atoms with Crippen molar-refractivity contribution >= 4 is 5.91 Å². The largest absolute Gasteiger partial charge is 0.586 e. The van der Waals surface area contributed by atoms with E-state index in [-0.39, 0.29) is 59.0 Å². The summed E-state index contributed by atoms with van der Waals surface area (Å²) in [5.74, 6) is -0.115. The highest BCUT2D eigenvalue weighted by molar-refractivity contribution is 5.79. The zero-order valence-electron chi connectivity index (χ0n) is 19.4. The Kier molecular flexibility index (Phi) is 5.27. The molecule has 192 valence electrons. The Balaban J connectivity index is 0.934. The number of hydrogen-bond donors (Lipinski definition) is 2. The van der Waals surface area contributed by atoms with E-state index in [4.69, 9.17) is 14.2 Å². The van der Waals surface area contributed by atoms with Gasteiger partial charge in [0, 0.05) is 23.2 Å². The van der Waals surface area contributed by atoms with Crippen molar-refractivity contribution < 1.29 is 41.7 Å². The first-order chi connectivity index (χ1) is 17.1. The van der Waals surface area contributed by atoms with Crippen molar-refractivity contribution in [3.63, 3.8) is 0 Å². The van der Waals surface area contributed by atoms with Crippen molar-refractivity contribution in [1.29, 1.82) is 0 Å². The fraction of sp³-hybridized carbons (Fsp3) is 0.480. The molecule has 5 aliphatic rings. The van der Waals surface area contributed by atoms with Crippen LogP contribution < -0.4 is 29.6 Å². The second-order valence-electron chi connectivity index (χ2n) is 9.99. The second kappa shape index (κ2) is 8.17. The molecule has 2 atom stereocenters. The lowest BCUT2D eigenvalue weighted by molar-refractivity contribution is -0.286. The number of hydrogen-bond acceptors (Lipinski definition) is 7. The third kappa shape index (κ3) is 4.53. The van der Waals surface area contributed by atoms with Crippen LogP contribution in [0.5, 0.6) is 23.0 Å². The van der Waals surface area contributed by atoms with E-state index in [1.54, 1.807) is 19.1 Å². The zero-order chi connectivity index (χ0) is 25.1. The number of alkyl halides is 2. The van der Waals surface area contributed by atoms with Crippen LogP contribution >= 0.6 is 0 Å². The van der Waals surface area contributed by atoms with Gasteiger partial charge in [0.25, 0.3) is 5.91 Å². The van der Waals surface area contributed by atoms with Gasteiger partial charge in [0.1, 0.15) is 36.3 Å². The molecule has 0 spiro atoms. The quantitative estimate of drug-likeness (QED) is 0.504. The van der Waals surface area contributed by atoms with Crippen molar-refractivity contribution in [2.45, 2.75) is 62.3 Å². The van der Waals surface area contributed by atoms with Crippen LogP contribution in [0.3, 0.4) is 0 Å². The third-order valence-corrected chi connectivity index (χ3v) is 7.17. The van der Waals surface area contributed by atoms with Crippen LogP contribution in [0.25, 0.3) is 0 Å². The summed E-state index contributed by atoms with van der Waals surface area (Å²) in [6.07, 6.45) is -0.646. The molecule has 2 aliphatic heterocycles. The number of carbonyl (C=O) groups excluding carboxylic acids is 1. The number of halogens is 3. The van der Waals surface area contributed by atoms with Gasteiger partial charge in [-0.05, 0) is 56.4 Å². The van der Waals surface area contributed by atoms with E-state index in [0.717, 1.165) is 25.7 Å². The van der Waals surface area contributed by atoms with E-state index >= 15 is 0 Å². The number of benzene rings is 2. The minimum absolute atomic E-state index is 0.0857. The number of epoxide rings is 1. The van der Waals surface area contributed by atoms with Crippen LogP contribution in [0.2, 0.25) is 0 Å². The van der Waals surface area contributed by atoms with Crippen LogP contribution in [0, 0.1) is 12.7 Å². The van der Waals surface area contributed by atoms with Crippen molar-refractivity contribution in [2.24, 2.45) is 0 Å². The van der Waals surface area contributed by atoms with Gasteiger partial charge in [0.05, 0.1) is 0 Å². The van der Waals surface area contributed by atoms with E-state index in [1.165, 1.54) is 24.3 Å². The maximum absolute atomic E-state index is 13.7. The highest BCUT2D eigenvalue weighted by Gasteiger charge is 2.63. The molecule has 7 rings (SSSR count). The third-order valence-electron chi connectivity index (χ3n) is 7.17. The van der Waals surface area contributed by atoms with Crippen molar-refractivity contribution in [1.82, 2.24) is 10.6 Å². The average molecular weight is 506 g/mol. The molecule has 2 heterocycles. The van der Waals surface area contributed by atoms with Crippen molar-refractivity contribution in [3.05, 3.63) is 47.8 Å². The molecule has 2 unspecified atom stereocenters. The lowest BCUT2D eigenvalue weighted by atomic mass is 9.71. The summed E-state index contributed by atoms with van der Waals surface area (Å²) in [4.78, 5) is 12.5. The summed E-state index contributed by atoms with van der Waals surface area (Å²) in [6, 6.07) is 8.79. The summed E-state index contributed by atoms with van der Waals surface area (Å²) in [5.41, 5.74) is 0.189. The van der Waals surface area contributed by atoms with Crippen LogP contribution in [-0.4, -0.2) is 48.8 Å². The van der Waals surface area contributed by atoms with E-state index in [9.17, 15) is 18.0 Å². The van der Waals surface area contributed by atoms with Gasteiger partial charge in [-0.15, -0.1) is 8.78 Å². The Morgan fingerprint density at radius 1 is 1.03 bits per heavy atom. The summed E-state index contributed by atoms with van der Waals surface area (Å²) in [7, 11) is 0. The van der Waals surface area contributed by atoms with Crippen molar-refractivity contribution in [3.8, 4) is 23.0 Å². The maximum Gasteiger partial charge on any atom is 0.586 e. The summed E-state index contributed by atoms with van der Waals surface area (Å²) in [5, 5.41) is 6.60. The highest BCUT2D eigenvalue weighted by atomic mass is 19.3. The molecule has 0 aromatic heterocycles. The molecule has 3 aliphatic carbocycles. The number of ether oxygens (including phenoxy) is 5. The van der Waals surface area contributed by atoms with Gasteiger partial charge < -0.3 is 29.0 Å². The molecule has 1 saturated heterocycles. The monoisotopic (exact) mass is 506 g/mol. The first-order valence-electron chi connectivity index (χ1n) is 11.8. The predicted octanol–water partition coefficient (Wildman–Crippen LogP) is 3.41. The summed E-state index contributed by atoms with van der Waals surface area (Å²) < 4.78 is 65.5. The molecule has 36 heavy (non-hydrogen) atoms. The van der Waals surface area contributed by atoms with Gasteiger partial charge in [-0.2, -0.15) is 0 Å². The Hall–Kier alpha value is -3.18. The fourth-order valence-electron chi connectivity index (χ4n) is 5.44. The van der Waals surface area contributed by atoms with Crippen LogP contribution in [0.4, 0.5) is 13.2 Å². The second-order valence-corrected chi connectivity index (χ2v) is 9.99. The molecule has 4 fully saturated rings. The van der Waals surface area contributed by atoms with E-state index in [1.807, 2.05) is 0 Å². The lowest BCUT2D eigenvalue weighted by Crippen LogP contribution is -2.64. The molecule has 2 aromatic rings. The number of amides is 1. The molecule has 0 radical (unpaired) electrons. The highest BCUT2D eigenvalue weighted by Crippen LogP contribution is 2.56. The molecule has 1 amide bonds. The molecule has 11 heteroatoms. The van der Waals surface area contributed by atoms with Gasteiger partial charge in [0.2, 0.25) is 0 Å². The standard InChI is InChI=1S/C25H25F3N2O6/c1-14-2-3-15(8-17(14)26)32-10-20-22(34-20)30-24-7-6-23(12-24,13-24)29-21(31)11-33-16-4-5-18-19(9-16)36-25(27,28)35-18/h2-5,8-9,20,22,30H,6-7,10-13H2,1H3,(H,29,31). The van der Waals surface area contributed by atoms with E-state index in [2.05, 4.69) is 20.1 Å². The van der Waals surface area contributed by atoms with Crippen LogP contribution in [0.1, 0.15) is 31.2 Å². The normalized spacial score (nSPS) is 30.4. The van der Waals surface area contributed by atoms with Crippen molar-refractivity contribution in [2.75, 3.05) is 13.2 Å². The predicted molar refractivity (Wildman–Crippen MR) is 119 cm³/mol. The molecule has 8 nitrogen and oxygen atoms in total. The number of aryl methyl sites for hydroxylation is 1. The smallest absolute Gasteiger partial charge is 0.491 e. The fourth-order valence-corrected chi connectivity index (χ4v) is 5.44. The lowest BCUT2D eigenvalue weighted by Gasteiger charge is -2.48. The summed E-state index contributed by atoms with van der Waals surface area (Å²) in [6.45, 7) is 1.78. The van der Waals surface area contributed by atoms with Crippen LogP contribution in [0.15, 0.2) is 36.4 Å². The number of carbonyl (C=O) groups is 1. The molecule has 2 N–H and O–H groups in total. The van der Waals surface area contributed by atoms with Crippen LogP contribution in [-0.2, 0) is 9.53 Å². The van der Waals surface area contributed by atoms with E-state index in [0.29, 0.717) is 17.9 Å². The number of fused-ring (bicyclic) bond motifs is 2. The van der Waals surface area contributed by atoms with Gasteiger partial charge in [-0.25, -0.2) is 4.39 Å². The van der Waals surface area contributed by atoms with Gasteiger partial charge in [-0.1, -0.05) is 6.07 Å². The Morgan fingerprint density at radius 3 is 2.56 bits per heavy atom. The topological polar surface area (TPSA) is 90.6 Å². The zero-order valence-corrected chi connectivity index (χ0v) is 19.4. The summed E-state index contributed by atoms with van der Waals surface area (Å²) >= 11 is 0. The SMILES string of the molecule is Cc1ccc(OCC2OC2NC23CCC(NC(=O)COc4ccc5c(c4)OC(F)(F)O5)(C2)C3)cc1F. The first-order valence-corrected chi connectivity index (χ1v) is 11.8. The number of rotatable bonds is 9. The number of nitrogens with one attached hydrogen (secondary N) is 2. The Labute approximate surface area is 205 Å². The molecular formula is C25H25F3N2O6. The molecule has 3 saturated carbocycles.